The Hall–Kier alpha value is -2.31. The van der Waals surface area contributed by atoms with E-state index in [0.29, 0.717) is 0 Å². The Labute approximate surface area is 129 Å². The van der Waals surface area contributed by atoms with Gasteiger partial charge in [-0.05, 0) is 45.9 Å². The number of hydrogen-bond donors (Lipinski definition) is 3. The van der Waals surface area contributed by atoms with Crippen molar-refractivity contribution in [2.75, 3.05) is 11.9 Å². The minimum Gasteiger partial charge on any atom is -0.444 e. The molecule has 0 aliphatic heterocycles. The largest absolute Gasteiger partial charge is 0.444 e. The summed E-state index contributed by atoms with van der Waals surface area (Å²) in [7, 11) is 0. The summed E-state index contributed by atoms with van der Waals surface area (Å²) in [6.07, 6.45) is -0.549. The number of nitrogens with one attached hydrogen (secondary N) is 2. The number of hydrogen-bond acceptors (Lipinski definition) is 4. The molecular weight excluding hydrogens is 289 g/mol. The maximum absolute atomic E-state index is 13.7. The van der Waals surface area contributed by atoms with Gasteiger partial charge in [-0.25, -0.2) is 9.18 Å². The number of halogens is 1. The van der Waals surface area contributed by atoms with Crippen LogP contribution in [0.5, 0.6) is 0 Å². The third-order valence-corrected chi connectivity index (χ3v) is 2.60. The van der Waals surface area contributed by atoms with Gasteiger partial charge in [0, 0.05) is 18.2 Å². The Morgan fingerprint density at radius 2 is 2.00 bits per heavy atom. The van der Waals surface area contributed by atoms with Gasteiger partial charge in [-0.1, -0.05) is 0 Å². The van der Waals surface area contributed by atoms with Gasteiger partial charge in [-0.2, -0.15) is 0 Å². The lowest BCUT2D eigenvalue weighted by molar-refractivity contribution is 0.0526. The zero-order chi connectivity index (χ0) is 16.9. The zero-order valence-electron chi connectivity index (χ0n) is 13.2. The number of alkyl carbamates (subject to hydrolysis) is 1. The summed E-state index contributed by atoms with van der Waals surface area (Å²) >= 11 is 0. The summed E-state index contributed by atoms with van der Waals surface area (Å²) in [4.78, 5) is 22.6. The molecule has 4 N–H and O–H groups in total. The molecule has 0 heterocycles. The number of carbonyl (C=O) groups is 2. The molecule has 0 saturated carbocycles. The molecule has 0 fully saturated rings. The molecule has 7 heteroatoms. The van der Waals surface area contributed by atoms with E-state index in [-0.39, 0.29) is 23.8 Å². The second kappa shape index (κ2) is 7.11. The first kappa shape index (κ1) is 17.7. The fourth-order valence-electron chi connectivity index (χ4n) is 1.66. The average Bonchev–Trinajstić information content (AvgIpc) is 2.36. The van der Waals surface area contributed by atoms with E-state index in [1.165, 1.54) is 12.1 Å². The first-order valence-corrected chi connectivity index (χ1v) is 6.91. The van der Waals surface area contributed by atoms with Crippen molar-refractivity contribution in [3.63, 3.8) is 0 Å². The fraction of sp³-hybridized carbons (Fsp3) is 0.467. The van der Waals surface area contributed by atoms with Crippen molar-refractivity contribution in [1.29, 1.82) is 0 Å². The predicted molar refractivity (Wildman–Crippen MR) is 82.2 cm³/mol. The zero-order valence-corrected chi connectivity index (χ0v) is 13.2. The number of anilines is 1. The Kier molecular flexibility index (Phi) is 5.73. The smallest absolute Gasteiger partial charge is 0.407 e. The predicted octanol–water partition coefficient (Wildman–Crippen LogP) is 2.25. The first-order chi connectivity index (χ1) is 10.1. The summed E-state index contributed by atoms with van der Waals surface area (Å²) < 4.78 is 18.8. The van der Waals surface area contributed by atoms with E-state index in [9.17, 15) is 14.0 Å². The number of ether oxygens (including phenoxy) is 1. The van der Waals surface area contributed by atoms with Crippen molar-refractivity contribution >= 4 is 17.7 Å². The van der Waals surface area contributed by atoms with Gasteiger partial charge in [-0.15, -0.1) is 0 Å². The summed E-state index contributed by atoms with van der Waals surface area (Å²) in [5.41, 5.74) is 4.93. The molecule has 1 unspecified atom stereocenters. The van der Waals surface area contributed by atoms with Crippen molar-refractivity contribution in [1.82, 2.24) is 5.32 Å². The van der Waals surface area contributed by atoms with E-state index in [4.69, 9.17) is 10.5 Å². The van der Waals surface area contributed by atoms with Crippen LogP contribution in [-0.4, -0.2) is 30.2 Å². The maximum Gasteiger partial charge on any atom is 0.407 e. The highest BCUT2D eigenvalue weighted by Gasteiger charge is 2.17. The molecule has 22 heavy (non-hydrogen) atoms. The SMILES string of the molecule is CC(CNC(=O)OC(C)(C)C)Nc1cc(C(N)=O)ccc1F. The summed E-state index contributed by atoms with van der Waals surface area (Å²) in [6.45, 7) is 7.28. The van der Waals surface area contributed by atoms with Crippen LogP contribution in [0.15, 0.2) is 18.2 Å². The van der Waals surface area contributed by atoms with Gasteiger partial charge in [0.1, 0.15) is 11.4 Å². The van der Waals surface area contributed by atoms with Crippen LogP contribution in [0.1, 0.15) is 38.1 Å². The summed E-state index contributed by atoms with van der Waals surface area (Å²) in [6, 6.07) is 3.54. The number of nitrogens with two attached hydrogens (primary N) is 1. The van der Waals surface area contributed by atoms with Crippen molar-refractivity contribution in [3.8, 4) is 0 Å². The van der Waals surface area contributed by atoms with Gasteiger partial charge >= 0.3 is 6.09 Å². The molecule has 0 aliphatic carbocycles. The lowest BCUT2D eigenvalue weighted by Crippen LogP contribution is -2.38. The van der Waals surface area contributed by atoms with Crippen LogP contribution in [0.2, 0.25) is 0 Å². The summed E-state index contributed by atoms with van der Waals surface area (Å²) in [5, 5.41) is 5.45. The molecule has 1 aromatic carbocycles. The van der Waals surface area contributed by atoms with Crippen LogP contribution >= 0.6 is 0 Å². The Balaban J connectivity index is 2.58. The third-order valence-electron chi connectivity index (χ3n) is 2.60. The number of benzene rings is 1. The molecule has 1 aromatic rings. The number of amides is 2. The molecule has 0 aliphatic rings. The van der Waals surface area contributed by atoms with Crippen molar-refractivity contribution in [3.05, 3.63) is 29.6 Å². The molecule has 0 saturated heterocycles. The second-order valence-electron chi connectivity index (χ2n) is 5.99. The molecule has 1 rings (SSSR count). The minimum absolute atomic E-state index is 0.148. The van der Waals surface area contributed by atoms with Crippen LogP contribution in [0.4, 0.5) is 14.9 Å². The lowest BCUT2D eigenvalue weighted by Gasteiger charge is -2.21. The highest BCUT2D eigenvalue weighted by molar-refractivity contribution is 5.93. The maximum atomic E-state index is 13.7. The van der Waals surface area contributed by atoms with E-state index in [1.54, 1.807) is 27.7 Å². The third kappa shape index (κ3) is 5.99. The normalized spacial score (nSPS) is 12.4. The van der Waals surface area contributed by atoms with Crippen LogP contribution in [0.25, 0.3) is 0 Å². The van der Waals surface area contributed by atoms with E-state index >= 15 is 0 Å². The molecule has 6 nitrogen and oxygen atoms in total. The van der Waals surface area contributed by atoms with Gasteiger partial charge in [0.05, 0.1) is 5.69 Å². The Morgan fingerprint density at radius 3 is 2.55 bits per heavy atom. The molecule has 1 atom stereocenters. The van der Waals surface area contributed by atoms with E-state index in [2.05, 4.69) is 10.6 Å². The molecule has 2 amide bonds. The quantitative estimate of drug-likeness (QED) is 0.777. The molecular formula is C15H22FN3O3. The average molecular weight is 311 g/mol. The van der Waals surface area contributed by atoms with Crippen LogP contribution in [-0.2, 0) is 4.74 Å². The standard InChI is InChI=1S/C15H22FN3O3/c1-9(8-18-14(21)22-15(2,3)4)19-12-7-10(13(17)20)5-6-11(12)16/h5-7,9,19H,8H2,1-4H3,(H2,17,20)(H,18,21). The van der Waals surface area contributed by atoms with Crippen molar-refractivity contribution < 1.29 is 18.7 Å². The topological polar surface area (TPSA) is 93.4 Å². The number of carbonyl (C=O) groups excluding carboxylic acids is 2. The molecule has 0 bridgehead atoms. The van der Waals surface area contributed by atoms with Crippen LogP contribution < -0.4 is 16.4 Å². The minimum atomic E-state index is -0.636. The highest BCUT2D eigenvalue weighted by atomic mass is 19.1. The van der Waals surface area contributed by atoms with Gasteiger partial charge in [-0.3, -0.25) is 4.79 Å². The Bertz CT molecular complexity index is 555. The van der Waals surface area contributed by atoms with Crippen molar-refractivity contribution in [2.45, 2.75) is 39.3 Å². The van der Waals surface area contributed by atoms with E-state index in [0.717, 1.165) is 6.07 Å². The van der Waals surface area contributed by atoms with E-state index < -0.39 is 23.4 Å². The molecule has 0 spiro atoms. The number of primary amides is 1. The monoisotopic (exact) mass is 311 g/mol. The lowest BCUT2D eigenvalue weighted by atomic mass is 10.1. The van der Waals surface area contributed by atoms with Gasteiger partial charge < -0.3 is 21.1 Å². The highest BCUT2D eigenvalue weighted by Crippen LogP contribution is 2.17. The second-order valence-corrected chi connectivity index (χ2v) is 5.99. The van der Waals surface area contributed by atoms with Crippen LogP contribution in [0.3, 0.4) is 0 Å². The van der Waals surface area contributed by atoms with Gasteiger partial charge in [0.25, 0.3) is 0 Å². The molecule has 122 valence electrons. The Morgan fingerprint density at radius 1 is 1.36 bits per heavy atom. The van der Waals surface area contributed by atoms with Crippen LogP contribution in [0, 0.1) is 5.82 Å². The molecule has 0 aromatic heterocycles. The van der Waals surface area contributed by atoms with Crippen molar-refractivity contribution in [2.24, 2.45) is 5.73 Å². The fourth-order valence-corrected chi connectivity index (χ4v) is 1.66. The first-order valence-electron chi connectivity index (χ1n) is 6.91. The van der Waals surface area contributed by atoms with Gasteiger partial charge in [0.2, 0.25) is 5.91 Å². The van der Waals surface area contributed by atoms with Gasteiger partial charge in [0.15, 0.2) is 0 Å². The summed E-state index contributed by atoms with van der Waals surface area (Å²) in [5.74, 6) is -1.14. The molecule has 0 radical (unpaired) electrons. The number of rotatable bonds is 5. The van der Waals surface area contributed by atoms with E-state index in [1.807, 2.05) is 0 Å².